The van der Waals surface area contributed by atoms with Crippen LogP contribution in [0.2, 0.25) is 0 Å². The second-order valence-corrected chi connectivity index (χ2v) is 11.7. The van der Waals surface area contributed by atoms with Gasteiger partial charge in [-0.2, -0.15) is 0 Å². The number of hydroxylamine groups is 2. The van der Waals surface area contributed by atoms with Gasteiger partial charge < -0.3 is 33.8 Å². The number of hydrogen-bond donors (Lipinski definition) is 0. The van der Waals surface area contributed by atoms with Crippen LogP contribution in [0.5, 0.6) is 5.75 Å². The third kappa shape index (κ3) is 10.3. The average Bonchev–Trinajstić information content (AvgIpc) is 2.88. The minimum absolute atomic E-state index is 0.0612. The number of hydrogen-bond acceptors (Lipinski definition) is 9. The average molecular weight is 567 g/mol. The molecule has 11 heteroatoms. The van der Waals surface area contributed by atoms with Gasteiger partial charge in [0.15, 0.2) is 12.7 Å². The van der Waals surface area contributed by atoms with Gasteiger partial charge in [-0.1, -0.05) is 0 Å². The van der Waals surface area contributed by atoms with E-state index in [0.29, 0.717) is 31.7 Å². The predicted octanol–water partition coefficient (Wildman–Crippen LogP) is 4.58. The van der Waals surface area contributed by atoms with Crippen LogP contribution >= 0.6 is 0 Å². The van der Waals surface area contributed by atoms with E-state index < -0.39 is 33.8 Å². The molecule has 40 heavy (non-hydrogen) atoms. The predicted molar refractivity (Wildman–Crippen MR) is 151 cm³/mol. The lowest BCUT2D eigenvalue weighted by Gasteiger charge is -2.41. The maximum Gasteiger partial charge on any atom is 0.410 e. The van der Waals surface area contributed by atoms with Gasteiger partial charge in [0.05, 0.1) is 31.5 Å². The molecule has 1 aliphatic heterocycles. The van der Waals surface area contributed by atoms with E-state index in [2.05, 4.69) is 0 Å². The zero-order valence-electron chi connectivity index (χ0n) is 25.2. The summed E-state index contributed by atoms with van der Waals surface area (Å²) >= 11 is 0. The first kappa shape index (κ1) is 33.5. The Kier molecular flexibility index (Phi) is 11.9. The maximum atomic E-state index is 14.0. The fourth-order valence-corrected chi connectivity index (χ4v) is 4.05. The number of carbonyl (C=O) groups is 3. The first-order valence-corrected chi connectivity index (χ1v) is 13.9. The molecule has 226 valence electrons. The van der Waals surface area contributed by atoms with E-state index in [1.807, 2.05) is 41.5 Å². The number of piperidine rings is 1. The van der Waals surface area contributed by atoms with E-state index in [0.717, 1.165) is 0 Å². The zero-order chi connectivity index (χ0) is 30.1. The number of nitrogens with zero attached hydrogens (tertiary/aromatic N) is 2. The number of esters is 1. The van der Waals surface area contributed by atoms with Crippen molar-refractivity contribution in [1.29, 1.82) is 0 Å². The lowest BCUT2D eigenvalue weighted by molar-refractivity contribution is -0.157. The van der Waals surface area contributed by atoms with Gasteiger partial charge in [0.1, 0.15) is 17.0 Å². The largest absolute Gasteiger partial charge is 0.620 e. The molecule has 1 saturated heterocycles. The van der Waals surface area contributed by atoms with E-state index in [-0.39, 0.29) is 44.2 Å². The molecule has 0 saturated carbocycles. The molecule has 0 aromatic heterocycles. The molecular weight excluding hydrogens is 520 g/mol. The monoisotopic (exact) mass is 566 g/mol. The highest BCUT2D eigenvalue weighted by atomic mass is 16.6. The Morgan fingerprint density at radius 3 is 2.10 bits per heavy atom. The normalized spacial score (nSPS) is 17.1. The molecule has 0 N–H and O–H groups in total. The number of benzene rings is 1. The molecule has 0 bridgehead atoms. The van der Waals surface area contributed by atoms with Gasteiger partial charge in [0.25, 0.3) is 0 Å². The molecular formula is C29H46N2O9. The SMILES string of the molecule is CCOC(=O)COc1ccc([N+]([O-])(CC)C(=O)C(COC(C)(C)C)OC2CCN(C(=O)OC(C)(C)C)CC2)cc1. The van der Waals surface area contributed by atoms with Gasteiger partial charge in [-0.05, 0) is 80.4 Å². The highest BCUT2D eigenvalue weighted by Gasteiger charge is 2.39. The lowest BCUT2D eigenvalue weighted by Crippen LogP contribution is -2.57. The van der Waals surface area contributed by atoms with Crippen molar-refractivity contribution in [2.45, 2.75) is 91.6 Å². The minimum Gasteiger partial charge on any atom is -0.620 e. The van der Waals surface area contributed by atoms with E-state index >= 15 is 0 Å². The van der Waals surface area contributed by atoms with Crippen LogP contribution in [-0.2, 0) is 28.5 Å². The molecule has 0 radical (unpaired) electrons. The molecule has 2 atom stereocenters. The van der Waals surface area contributed by atoms with Crippen LogP contribution in [0.25, 0.3) is 0 Å². The van der Waals surface area contributed by atoms with Crippen molar-refractivity contribution >= 4 is 23.7 Å². The zero-order valence-corrected chi connectivity index (χ0v) is 25.2. The summed E-state index contributed by atoms with van der Waals surface area (Å²) < 4.78 is 26.6. The van der Waals surface area contributed by atoms with Gasteiger partial charge in [0, 0.05) is 25.2 Å². The van der Waals surface area contributed by atoms with Crippen LogP contribution in [0.4, 0.5) is 10.5 Å². The second-order valence-electron chi connectivity index (χ2n) is 11.7. The number of ether oxygens (including phenoxy) is 5. The number of amides is 2. The van der Waals surface area contributed by atoms with Gasteiger partial charge in [-0.15, -0.1) is 0 Å². The number of likely N-dealkylation sites (tertiary alicyclic amines) is 1. The molecule has 1 aliphatic rings. The third-order valence-electron chi connectivity index (χ3n) is 6.11. The summed E-state index contributed by atoms with van der Waals surface area (Å²) in [6, 6.07) is 6.10. The minimum atomic E-state index is -1.26. The van der Waals surface area contributed by atoms with Gasteiger partial charge in [-0.25, -0.2) is 14.4 Å². The first-order valence-electron chi connectivity index (χ1n) is 13.9. The van der Waals surface area contributed by atoms with E-state index in [1.54, 1.807) is 18.7 Å². The fourth-order valence-electron chi connectivity index (χ4n) is 4.05. The molecule has 1 fully saturated rings. The summed E-state index contributed by atoms with van der Waals surface area (Å²) in [7, 11) is 0. The highest BCUT2D eigenvalue weighted by Crippen LogP contribution is 2.28. The topological polar surface area (TPSA) is 124 Å². The van der Waals surface area contributed by atoms with Crippen molar-refractivity contribution in [3.63, 3.8) is 0 Å². The standard InChI is InChI=1S/C29H46N2O9/c1-9-31(35,21-11-13-22(14-12-21)37-20-25(32)36-10-2)26(33)24(19-38-28(3,4)5)39-23-15-17-30(18-16-23)27(34)40-29(6,7)8/h11-14,23-24H,9-10,15-20H2,1-8H3. The van der Waals surface area contributed by atoms with Crippen molar-refractivity contribution in [1.82, 2.24) is 9.55 Å². The molecule has 1 aromatic rings. The van der Waals surface area contributed by atoms with Crippen molar-refractivity contribution in [3.05, 3.63) is 29.5 Å². The van der Waals surface area contributed by atoms with E-state index in [9.17, 15) is 19.6 Å². The summed E-state index contributed by atoms with van der Waals surface area (Å²) in [5.41, 5.74) is -0.933. The smallest absolute Gasteiger partial charge is 0.410 e. The van der Waals surface area contributed by atoms with Crippen molar-refractivity contribution in [3.8, 4) is 5.75 Å². The summed E-state index contributed by atoms with van der Waals surface area (Å²) in [6.45, 7) is 15.1. The number of quaternary nitrogens is 1. The van der Waals surface area contributed by atoms with Crippen molar-refractivity contribution < 1.29 is 38.1 Å². The Hall–Kier alpha value is -2.73. The summed E-state index contributed by atoms with van der Waals surface area (Å²) in [4.78, 5) is 39.4. The maximum absolute atomic E-state index is 14.0. The summed E-state index contributed by atoms with van der Waals surface area (Å²) in [5, 5.41) is 14.0. The molecule has 0 aliphatic carbocycles. The van der Waals surface area contributed by atoms with Crippen molar-refractivity contribution in [2.75, 3.05) is 39.5 Å². The Bertz CT molecular complexity index is 977. The van der Waals surface area contributed by atoms with Crippen LogP contribution in [0.3, 0.4) is 0 Å². The summed E-state index contributed by atoms with van der Waals surface area (Å²) in [6.07, 6.45) is -0.841. The Labute approximate surface area is 237 Å². The number of carbonyl (C=O) groups excluding carboxylic acids is 3. The molecule has 11 nitrogen and oxygen atoms in total. The van der Waals surface area contributed by atoms with Gasteiger partial charge >= 0.3 is 18.0 Å². The first-order chi connectivity index (χ1) is 18.6. The van der Waals surface area contributed by atoms with Crippen LogP contribution in [-0.4, -0.2) is 85.7 Å². The lowest BCUT2D eigenvalue weighted by atomic mass is 10.1. The molecule has 2 rings (SSSR count). The highest BCUT2D eigenvalue weighted by molar-refractivity contribution is 5.92. The van der Waals surface area contributed by atoms with Gasteiger partial charge in [0.2, 0.25) is 0 Å². The quantitative estimate of drug-likeness (QED) is 0.215. The fraction of sp³-hybridized carbons (Fsp3) is 0.690. The molecule has 1 aromatic carbocycles. The summed E-state index contributed by atoms with van der Waals surface area (Å²) in [5.74, 6) is -0.811. The van der Waals surface area contributed by atoms with Crippen LogP contribution in [0.1, 0.15) is 68.2 Å². The van der Waals surface area contributed by atoms with E-state index in [1.165, 1.54) is 24.3 Å². The molecule has 2 amide bonds. The molecule has 0 spiro atoms. The van der Waals surface area contributed by atoms with Crippen LogP contribution < -0.4 is 9.38 Å². The van der Waals surface area contributed by atoms with Crippen LogP contribution in [0.15, 0.2) is 24.3 Å². The molecule has 1 heterocycles. The van der Waals surface area contributed by atoms with Crippen LogP contribution in [0, 0.1) is 5.21 Å². The van der Waals surface area contributed by atoms with Crippen molar-refractivity contribution in [2.24, 2.45) is 0 Å². The second kappa shape index (κ2) is 14.2. The number of rotatable bonds is 11. The Morgan fingerprint density at radius 2 is 1.60 bits per heavy atom. The molecule has 2 unspecified atom stereocenters. The Balaban J connectivity index is 2.14. The van der Waals surface area contributed by atoms with E-state index in [4.69, 9.17) is 23.7 Å². The Morgan fingerprint density at radius 1 is 1.00 bits per heavy atom. The third-order valence-corrected chi connectivity index (χ3v) is 6.11. The number of likely N-dealkylation sites (N-methyl/N-ethyl adjacent to an activating group) is 1. The van der Waals surface area contributed by atoms with Gasteiger partial charge in [-0.3, -0.25) is 4.65 Å².